The number of rotatable bonds is 3. The third-order valence-corrected chi connectivity index (χ3v) is 3.96. The zero-order valence-corrected chi connectivity index (χ0v) is 12.9. The fourth-order valence-electron chi connectivity index (χ4n) is 2.89. The van der Waals surface area contributed by atoms with Gasteiger partial charge in [0.15, 0.2) is 0 Å². The molecule has 116 valence electrons. The van der Waals surface area contributed by atoms with Crippen molar-refractivity contribution in [2.24, 2.45) is 0 Å². The molecule has 0 aliphatic carbocycles. The van der Waals surface area contributed by atoms with Gasteiger partial charge in [0.1, 0.15) is 16.9 Å². The van der Waals surface area contributed by atoms with E-state index >= 15 is 0 Å². The van der Waals surface area contributed by atoms with Gasteiger partial charge in [-0.1, -0.05) is 61.2 Å². The smallest absolute Gasteiger partial charge is 0.335 e. The lowest BCUT2D eigenvalue weighted by Crippen LogP contribution is -2.04. The summed E-state index contributed by atoms with van der Waals surface area (Å²) in [6.45, 7) is 3.44. The maximum Gasteiger partial charge on any atom is 0.335 e. The standard InChI is InChI=1S/C21H14O3/c1-2-20(22)23-18-12-5-3-8-14(18)16-10-7-11-17-15-9-4-6-13-19(15)24-21(16)17/h2-13H,1H2. The van der Waals surface area contributed by atoms with Crippen molar-refractivity contribution in [3.8, 4) is 16.9 Å². The van der Waals surface area contributed by atoms with Crippen LogP contribution in [-0.2, 0) is 4.79 Å². The van der Waals surface area contributed by atoms with Crippen LogP contribution >= 0.6 is 0 Å². The molecule has 3 heteroatoms. The average Bonchev–Trinajstić information content (AvgIpc) is 3.01. The summed E-state index contributed by atoms with van der Waals surface area (Å²) in [6, 6.07) is 21.3. The molecule has 0 N–H and O–H groups in total. The maximum absolute atomic E-state index is 11.6. The summed E-state index contributed by atoms with van der Waals surface area (Å²) in [4.78, 5) is 11.6. The van der Waals surface area contributed by atoms with Crippen LogP contribution in [0.2, 0.25) is 0 Å². The molecule has 0 unspecified atom stereocenters. The predicted octanol–water partition coefficient (Wildman–Crippen LogP) is 5.34. The summed E-state index contributed by atoms with van der Waals surface area (Å²) in [7, 11) is 0. The molecule has 0 fully saturated rings. The summed E-state index contributed by atoms with van der Waals surface area (Å²) in [5.74, 6) is -0.00501. The van der Waals surface area contributed by atoms with Crippen LogP contribution in [0.4, 0.5) is 0 Å². The van der Waals surface area contributed by atoms with E-state index in [2.05, 4.69) is 6.58 Å². The van der Waals surface area contributed by atoms with E-state index in [4.69, 9.17) is 9.15 Å². The zero-order valence-electron chi connectivity index (χ0n) is 12.9. The second-order valence-corrected chi connectivity index (χ2v) is 5.40. The summed E-state index contributed by atoms with van der Waals surface area (Å²) in [6.07, 6.45) is 1.15. The Morgan fingerprint density at radius 2 is 1.58 bits per heavy atom. The predicted molar refractivity (Wildman–Crippen MR) is 95.0 cm³/mol. The Morgan fingerprint density at radius 1 is 0.875 bits per heavy atom. The second-order valence-electron chi connectivity index (χ2n) is 5.40. The molecule has 4 rings (SSSR count). The van der Waals surface area contributed by atoms with E-state index in [1.54, 1.807) is 6.07 Å². The van der Waals surface area contributed by atoms with E-state index in [-0.39, 0.29) is 0 Å². The number of furan rings is 1. The molecule has 0 atom stereocenters. The lowest BCUT2D eigenvalue weighted by Gasteiger charge is -2.09. The van der Waals surface area contributed by atoms with Crippen molar-refractivity contribution < 1.29 is 13.9 Å². The molecule has 3 aromatic carbocycles. The Labute approximate surface area is 138 Å². The highest BCUT2D eigenvalue weighted by Crippen LogP contribution is 2.39. The van der Waals surface area contributed by atoms with Crippen molar-refractivity contribution in [1.82, 2.24) is 0 Å². The molecular formula is C21H14O3. The molecule has 0 bridgehead atoms. The highest BCUT2D eigenvalue weighted by atomic mass is 16.5. The highest BCUT2D eigenvalue weighted by Gasteiger charge is 2.15. The molecule has 3 nitrogen and oxygen atoms in total. The van der Waals surface area contributed by atoms with Gasteiger partial charge in [-0.25, -0.2) is 4.79 Å². The van der Waals surface area contributed by atoms with Crippen molar-refractivity contribution >= 4 is 27.9 Å². The van der Waals surface area contributed by atoms with Crippen LogP contribution in [0.25, 0.3) is 33.1 Å². The van der Waals surface area contributed by atoms with Gasteiger partial charge in [0.25, 0.3) is 0 Å². The Morgan fingerprint density at radius 3 is 2.46 bits per heavy atom. The number of fused-ring (bicyclic) bond motifs is 3. The first kappa shape index (κ1) is 14.3. The fraction of sp³-hybridized carbons (Fsp3) is 0. The Kier molecular flexibility index (Phi) is 3.39. The topological polar surface area (TPSA) is 39.4 Å². The van der Waals surface area contributed by atoms with E-state index in [9.17, 15) is 4.79 Å². The molecule has 0 spiro atoms. The lowest BCUT2D eigenvalue weighted by atomic mass is 10.0. The molecule has 0 radical (unpaired) electrons. The van der Waals surface area contributed by atoms with E-state index in [1.807, 2.05) is 60.7 Å². The zero-order chi connectivity index (χ0) is 16.5. The quantitative estimate of drug-likeness (QED) is 0.291. The van der Waals surface area contributed by atoms with Gasteiger partial charge in [-0.3, -0.25) is 0 Å². The summed E-state index contributed by atoms with van der Waals surface area (Å²) >= 11 is 0. The third kappa shape index (κ3) is 2.27. The van der Waals surface area contributed by atoms with Crippen LogP contribution in [-0.4, -0.2) is 5.97 Å². The van der Waals surface area contributed by atoms with Gasteiger partial charge in [-0.2, -0.15) is 0 Å². The number of para-hydroxylation sites is 3. The van der Waals surface area contributed by atoms with E-state index in [1.165, 1.54) is 0 Å². The number of hydrogen-bond donors (Lipinski definition) is 0. The summed E-state index contributed by atoms with van der Waals surface area (Å²) in [5, 5.41) is 2.10. The molecule has 0 amide bonds. The van der Waals surface area contributed by atoms with Crippen LogP contribution in [0.3, 0.4) is 0 Å². The van der Waals surface area contributed by atoms with Gasteiger partial charge in [0.05, 0.1) is 0 Å². The monoisotopic (exact) mass is 314 g/mol. The number of hydrogen-bond acceptors (Lipinski definition) is 3. The first-order chi connectivity index (χ1) is 11.8. The van der Waals surface area contributed by atoms with Crippen LogP contribution in [0, 0.1) is 0 Å². The molecule has 1 aromatic heterocycles. The SMILES string of the molecule is C=CC(=O)Oc1ccccc1-c1cccc2c1oc1ccccc12. The molecule has 1 heterocycles. The normalized spacial score (nSPS) is 10.8. The maximum atomic E-state index is 11.6. The number of esters is 1. The molecule has 4 aromatic rings. The van der Waals surface area contributed by atoms with E-state index in [0.717, 1.165) is 39.1 Å². The van der Waals surface area contributed by atoms with E-state index in [0.29, 0.717) is 5.75 Å². The minimum atomic E-state index is -0.487. The molecular weight excluding hydrogens is 300 g/mol. The summed E-state index contributed by atoms with van der Waals surface area (Å²) in [5.41, 5.74) is 3.30. The van der Waals surface area contributed by atoms with Gasteiger partial charge < -0.3 is 9.15 Å². The Balaban J connectivity index is 1.97. The first-order valence-electron chi connectivity index (χ1n) is 7.62. The third-order valence-electron chi connectivity index (χ3n) is 3.96. The number of ether oxygens (including phenoxy) is 1. The van der Waals surface area contributed by atoms with Crippen LogP contribution < -0.4 is 4.74 Å². The fourth-order valence-corrected chi connectivity index (χ4v) is 2.89. The van der Waals surface area contributed by atoms with Crippen molar-refractivity contribution in [2.75, 3.05) is 0 Å². The average molecular weight is 314 g/mol. The van der Waals surface area contributed by atoms with Gasteiger partial charge in [0, 0.05) is 28.0 Å². The largest absolute Gasteiger partial charge is 0.455 e. The Hall–Kier alpha value is -3.33. The molecule has 0 saturated heterocycles. The molecule has 24 heavy (non-hydrogen) atoms. The van der Waals surface area contributed by atoms with Crippen LogP contribution in [0.1, 0.15) is 0 Å². The lowest BCUT2D eigenvalue weighted by molar-refractivity contribution is -0.128. The number of carbonyl (C=O) groups is 1. The molecule has 0 aliphatic heterocycles. The van der Waals surface area contributed by atoms with Crippen molar-refractivity contribution in [2.45, 2.75) is 0 Å². The summed E-state index contributed by atoms with van der Waals surface area (Å²) < 4.78 is 11.4. The van der Waals surface area contributed by atoms with Gasteiger partial charge in [-0.15, -0.1) is 0 Å². The minimum Gasteiger partial charge on any atom is -0.455 e. The molecule has 0 saturated carbocycles. The van der Waals surface area contributed by atoms with Gasteiger partial charge in [0.2, 0.25) is 0 Å². The first-order valence-corrected chi connectivity index (χ1v) is 7.62. The van der Waals surface area contributed by atoms with Crippen LogP contribution in [0.15, 0.2) is 83.8 Å². The van der Waals surface area contributed by atoms with Crippen molar-refractivity contribution in [1.29, 1.82) is 0 Å². The minimum absolute atomic E-state index is 0.482. The highest BCUT2D eigenvalue weighted by molar-refractivity contribution is 6.10. The van der Waals surface area contributed by atoms with Gasteiger partial charge >= 0.3 is 5.97 Å². The van der Waals surface area contributed by atoms with Gasteiger partial charge in [-0.05, 0) is 12.1 Å². The van der Waals surface area contributed by atoms with Crippen molar-refractivity contribution in [3.63, 3.8) is 0 Å². The molecule has 0 aliphatic rings. The van der Waals surface area contributed by atoms with E-state index < -0.39 is 5.97 Å². The second kappa shape index (κ2) is 5.70. The number of carbonyl (C=O) groups excluding carboxylic acids is 1. The Bertz CT molecular complexity index is 1070. The van der Waals surface area contributed by atoms with Crippen LogP contribution in [0.5, 0.6) is 5.75 Å². The number of benzene rings is 3. The van der Waals surface area contributed by atoms with Crippen molar-refractivity contribution in [3.05, 3.63) is 79.4 Å².